The van der Waals surface area contributed by atoms with Crippen LogP contribution in [0.1, 0.15) is 0 Å². The van der Waals surface area contributed by atoms with E-state index >= 15 is 0 Å². The molecule has 0 aliphatic carbocycles. The predicted octanol–water partition coefficient (Wildman–Crippen LogP) is 13.0. The summed E-state index contributed by atoms with van der Waals surface area (Å²) in [5.74, 6) is 0. The molecule has 7 rings (SSSR count). The molecule has 4 aromatic heterocycles. The van der Waals surface area contributed by atoms with E-state index in [1.54, 1.807) is 45.3 Å². The van der Waals surface area contributed by atoms with Crippen molar-refractivity contribution in [1.82, 2.24) is 0 Å². The number of halogens is 3. The largest absolute Gasteiger partial charge is 0.144 e. The topological polar surface area (TPSA) is 0 Å². The van der Waals surface area contributed by atoms with Crippen molar-refractivity contribution in [3.63, 3.8) is 0 Å². The SMILES string of the molecule is [B]c1cc(-c2cc(-c3cccs3)c(-c3cccs3)cc2Br)c(Br)cc1-c1cc(-c2cccs2)c(-c2cccs2)cc1Br. The molecule has 0 spiro atoms. The van der Waals surface area contributed by atoms with E-state index in [4.69, 9.17) is 7.85 Å². The number of benzene rings is 3. The Bertz CT molecular complexity index is 1860. The van der Waals surface area contributed by atoms with Gasteiger partial charge in [0.1, 0.15) is 7.85 Å². The van der Waals surface area contributed by atoms with E-state index in [1.807, 2.05) is 0 Å². The summed E-state index contributed by atoms with van der Waals surface area (Å²) in [7, 11) is 6.87. The van der Waals surface area contributed by atoms with Gasteiger partial charge in [-0.2, -0.15) is 0 Å². The van der Waals surface area contributed by atoms with Crippen molar-refractivity contribution in [2.75, 3.05) is 0 Å². The van der Waals surface area contributed by atoms with Crippen molar-refractivity contribution in [2.45, 2.75) is 0 Å². The van der Waals surface area contributed by atoms with Crippen LogP contribution in [0, 0.1) is 0 Å². The van der Waals surface area contributed by atoms with E-state index in [2.05, 4.69) is 154 Å². The normalized spacial score (nSPS) is 11.3. The van der Waals surface area contributed by atoms with Crippen LogP contribution in [0.15, 0.2) is 120 Å². The second-order valence-corrected chi connectivity index (χ2v) is 15.9. The molecule has 7 aromatic rings. The number of hydrogen-bond donors (Lipinski definition) is 0. The van der Waals surface area contributed by atoms with E-state index in [1.165, 1.54) is 41.8 Å². The maximum atomic E-state index is 6.87. The number of rotatable bonds is 6. The molecule has 4 heterocycles. The van der Waals surface area contributed by atoms with Crippen LogP contribution >= 0.6 is 93.1 Å². The summed E-state index contributed by atoms with van der Waals surface area (Å²) in [5, 5.41) is 8.50. The Morgan fingerprint density at radius 1 is 0.381 bits per heavy atom. The first-order valence-corrected chi connectivity index (χ1v) is 18.8. The Hall–Kier alpha value is -2.04. The molecule has 0 amide bonds. The lowest BCUT2D eigenvalue weighted by atomic mass is 9.83. The molecular formula is C34H18BBr3S4. The van der Waals surface area contributed by atoms with Crippen molar-refractivity contribution < 1.29 is 0 Å². The van der Waals surface area contributed by atoms with Crippen LogP contribution in [-0.4, -0.2) is 7.85 Å². The van der Waals surface area contributed by atoms with E-state index in [9.17, 15) is 0 Å². The van der Waals surface area contributed by atoms with Crippen LogP contribution in [0.3, 0.4) is 0 Å². The summed E-state index contributed by atoms with van der Waals surface area (Å²) in [5.41, 5.74) is 9.77. The lowest BCUT2D eigenvalue weighted by molar-refractivity contribution is 1.55. The molecule has 0 atom stereocenters. The van der Waals surface area contributed by atoms with Gasteiger partial charge in [-0.3, -0.25) is 0 Å². The lowest BCUT2D eigenvalue weighted by Crippen LogP contribution is -2.08. The van der Waals surface area contributed by atoms with Crippen molar-refractivity contribution in [3.8, 4) is 64.0 Å². The minimum atomic E-state index is 0.724. The fourth-order valence-corrected chi connectivity index (χ4v) is 9.83. The van der Waals surface area contributed by atoms with Gasteiger partial charge in [0.05, 0.1) is 0 Å². The molecule has 0 bridgehead atoms. The molecule has 0 N–H and O–H groups in total. The average Bonchev–Trinajstić information content (AvgIpc) is 3.82. The van der Waals surface area contributed by atoms with Crippen molar-refractivity contribution in [3.05, 3.63) is 120 Å². The highest BCUT2D eigenvalue weighted by Crippen LogP contribution is 2.46. The number of thiophene rings is 4. The Kier molecular flexibility index (Phi) is 8.31. The molecule has 202 valence electrons. The van der Waals surface area contributed by atoms with Gasteiger partial charge in [0, 0.05) is 55.2 Å². The zero-order chi connectivity index (χ0) is 28.8. The fraction of sp³-hybridized carbons (Fsp3) is 0. The van der Waals surface area contributed by atoms with Crippen molar-refractivity contribution in [2.24, 2.45) is 0 Å². The van der Waals surface area contributed by atoms with Gasteiger partial charge in [-0.1, -0.05) is 83.6 Å². The van der Waals surface area contributed by atoms with E-state index in [0.717, 1.165) is 41.1 Å². The first-order chi connectivity index (χ1) is 20.5. The third-order valence-corrected chi connectivity index (χ3v) is 12.7. The van der Waals surface area contributed by atoms with Crippen molar-refractivity contribution >= 4 is 106 Å². The second kappa shape index (κ2) is 12.2. The van der Waals surface area contributed by atoms with Gasteiger partial charge >= 0.3 is 0 Å². The fourth-order valence-electron chi connectivity index (χ4n) is 5.13. The lowest BCUT2D eigenvalue weighted by Gasteiger charge is -2.18. The monoisotopic (exact) mass is 802 g/mol. The Labute approximate surface area is 287 Å². The minimum Gasteiger partial charge on any atom is -0.144 e. The molecular weight excluding hydrogens is 787 g/mol. The Balaban J connectivity index is 1.37. The van der Waals surface area contributed by atoms with E-state index in [-0.39, 0.29) is 0 Å². The summed E-state index contributed by atoms with van der Waals surface area (Å²) < 4.78 is 3.03. The van der Waals surface area contributed by atoms with Gasteiger partial charge in [0.25, 0.3) is 0 Å². The van der Waals surface area contributed by atoms with Gasteiger partial charge < -0.3 is 0 Å². The van der Waals surface area contributed by atoms with Crippen LogP contribution in [-0.2, 0) is 0 Å². The molecule has 8 heteroatoms. The maximum Gasteiger partial charge on any atom is 0.114 e. The van der Waals surface area contributed by atoms with Crippen LogP contribution in [0.2, 0.25) is 0 Å². The smallest absolute Gasteiger partial charge is 0.114 e. The predicted molar refractivity (Wildman–Crippen MR) is 199 cm³/mol. The molecule has 42 heavy (non-hydrogen) atoms. The first kappa shape index (κ1) is 28.7. The van der Waals surface area contributed by atoms with Crippen LogP contribution in [0.4, 0.5) is 0 Å². The molecule has 0 saturated carbocycles. The van der Waals surface area contributed by atoms with Gasteiger partial charge in [0.15, 0.2) is 0 Å². The van der Waals surface area contributed by atoms with E-state index < -0.39 is 0 Å². The van der Waals surface area contributed by atoms with E-state index in [0.29, 0.717) is 0 Å². The second-order valence-electron chi connectivity index (χ2n) is 9.58. The number of hydrogen-bond acceptors (Lipinski definition) is 4. The van der Waals surface area contributed by atoms with Gasteiger partial charge in [-0.05, 0) is 98.4 Å². The average molecular weight is 805 g/mol. The maximum absolute atomic E-state index is 6.87. The van der Waals surface area contributed by atoms with Crippen LogP contribution < -0.4 is 5.46 Å². The molecule has 0 nitrogen and oxygen atoms in total. The third kappa shape index (κ3) is 5.41. The van der Waals surface area contributed by atoms with Gasteiger partial charge in [-0.15, -0.1) is 45.3 Å². The Morgan fingerprint density at radius 2 is 0.690 bits per heavy atom. The summed E-state index contributed by atoms with van der Waals surface area (Å²) in [6.07, 6.45) is 0. The zero-order valence-electron chi connectivity index (χ0n) is 21.7. The summed E-state index contributed by atoms with van der Waals surface area (Å²) in [6, 6.07) is 30.4. The van der Waals surface area contributed by atoms with Gasteiger partial charge in [0.2, 0.25) is 0 Å². The Morgan fingerprint density at radius 3 is 1.05 bits per heavy atom. The summed E-state index contributed by atoms with van der Waals surface area (Å²) >= 11 is 18.7. The molecule has 2 radical (unpaired) electrons. The third-order valence-electron chi connectivity index (χ3n) is 7.08. The molecule has 0 unspecified atom stereocenters. The molecule has 3 aromatic carbocycles. The summed E-state index contributed by atoms with van der Waals surface area (Å²) in [4.78, 5) is 4.96. The minimum absolute atomic E-state index is 0.724. The van der Waals surface area contributed by atoms with Crippen molar-refractivity contribution in [1.29, 1.82) is 0 Å². The highest BCUT2D eigenvalue weighted by atomic mass is 79.9. The highest BCUT2D eigenvalue weighted by Gasteiger charge is 2.20. The standard InChI is InChI=1S/C34H18BBr3S4/c35-27-15-22(21-14-24(32-6-2-10-40-32)26(18-30(21)38)34-8-4-12-42-34)28(36)16-19(27)20-13-23(31-5-1-9-39-31)25(17-29(20)37)33-7-3-11-41-33/h1-18H. The van der Waals surface area contributed by atoms with Crippen LogP contribution in [0.5, 0.6) is 0 Å². The molecule has 0 aliphatic heterocycles. The molecule has 0 aliphatic rings. The molecule has 0 saturated heterocycles. The van der Waals surface area contributed by atoms with Crippen LogP contribution in [0.25, 0.3) is 64.0 Å². The molecule has 0 fully saturated rings. The highest BCUT2D eigenvalue weighted by molar-refractivity contribution is 9.11. The summed E-state index contributed by atoms with van der Waals surface area (Å²) in [6.45, 7) is 0. The quantitative estimate of drug-likeness (QED) is 0.147. The zero-order valence-corrected chi connectivity index (χ0v) is 29.8. The van der Waals surface area contributed by atoms with Gasteiger partial charge in [-0.25, -0.2) is 0 Å². The first-order valence-electron chi connectivity index (χ1n) is 12.9.